The van der Waals surface area contributed by atoms with Crippen LogP contribution in [-0.2, 0) is 4.79 Å². The lowest BCUT2D eigenvalue weighted by atomic mass is 10.2. The quantitative estimate of drug-likeness (QED) is 0.611. The van der Waals surface area contributed by atoms with Gasteiger partial charge in [0, 0.05) is 12.4 Å². The third-order valence-corrected chi connectivity index (χ3v) is 2.64. The normalized spacial score (nSPS) is 12.1. The van der Waals surface area contributed by atoms with Gasteiger partial charge in [-0.3, -0.25) is 18.8 Å². The highest BCUT2D eigenvalue weighted by molar-refractivity contribution is 5.94. The van der Waals surface area contributed by atoms with Crippen LogP contribution in [-0.4, -0.2) is 39.0 Å². The zero-order valence-corrected chi connectivity index (χ0v) is 10.3. The fourth-order valence-corrected chi connectivity index (χ4v) is 1.57. The molecule has 0 bridgehead atoms. The van der Waals surface area contributed by atoms with Gasteiger partial charge in [-0.2, -0.15) is 0 Å². The number of nitrogens with zero attached hydrogens (tertiary/aromatic N) is 2. The van der Waals surface area contributed by atoms with Crippen molar-refractivity contribution in [3.05, 3.63) is 46.5 Å². The molecular formula is C12H12N4O4. The molecule has 0 aliphatic heterocycles. The summed E-state index contributed by atoms with van der Waals surface area (Å²) in [5, 5.41) is 11.4. The first-order valence-electron chi connectivity index (χ1n) is 5.72. The van der Waals surface area contributed by atoms with E-state index in [4.69, 9.17) is 5.73 Å². The van der Waals surface area contributed by atoms with Crippen molar-refractivity contribution in [3.63, 3.8) is 0 Å². The Labute approximate surface area is 112 Å². The molecule has 20 heavy (non-hydrogen) atoms. The van der Waals surface area contributed by atoms with Crippen LogP contribution in [0.1, 0.15) is 10.4 Å². The SMILES string of the molecule is NC(=O)C(O)CNC(=O)c1cnc2ccccn2c1=O. The van der Waals surface area contributed by atoms with Gasteiger partial charge in [-0.15, -0.1) is 0 Å². The van der Waals surface area contributed by atoms with Crippen LogP contribution in [0.5, 0.6) is 0 Å². The first kappa shape index (κ1) is 13.7. The molecule has 2 aromatic heterocycles. The molecule has 2 heterocycles. The summed E-state index contributed by atoms with van der Waals surface area (Å²) in [7, 11) is 0. The summed E-state index contributed by atoms with van der Waals surface area (Å²) in [4.78, 5) is 38.5. The van der Waals surface area contributed by atoms with Crippen molar-refractivity contribution in [2.24, 2.45) is 5.73 Å². The molecule has 0 aliphatic carbocycles. The van der Waals surface area contributed by atoms with Crippen molar-refractivity contribution in [1.82, 2.24) is 14.7 Å². The number of hydrogen-bond donors (Lipinski definition) is 3. The van der Waals surface area contributed by atoms with E-state index in [1.807, 2.05) is 0 Å². The van der Waals surface area contributed by atoms with Gasteiger partial charge in [0.15, 0.2) is 0 Å². The van der Waals surface area contributed by atoms with Crippen LogP contribution in [0.3, 0.4) is 0 Å². The largest absolute Gasteiger partial charge is 0.381 e. The number of carbonyl (C=O) groups is 2. The molecule has 0 aromatic carbocycles. The third kappa shape index (κ3) is 2.64. The Hall–Kier alpha value is -2.74. The maximum absolute atomic E-state index is 12.1. The number of rotatable bonds is 4. The lowest BCUT2D eigenvalue weighted by Crippen LogP contribution is -2.41. The number of primary amides is 1. The molecule has 4 N–H and O–H groups in total. The molecule has 8 heteroatoms. The Morgan fingerprint density at radius 3 is 2.90 bits per heavy atom. The van der Waals surface area contributed by atoms with Gasteiger partial charge in [0.2, 0.25) is 5.91 Å². The van der Waals surface area contributed by atoms with Crippen LogP contribution in [0.25, 0.3) is 5.65 Å². The summed E-state index contributed by atoms with van der Waals surface area (Å²) in [6.07, 6.45) is 1.12. The van der Waals surface area contributed by atoms with E-state index in [1.54, 1.807) is 18.2 Å². The molecule has 1 unspecified atom stereocenters. The number of fused-ring (bicyclic) bond motifs is 1. The molecule has 2 amide bonds. The Balaban J connectivity index is 2.25. The summed E-state index contributed by atoms with van der Waals surface area (Å²) in [6.45, 7) is -0.370. The topological polar surface area (TPSA) is 127 Å². The molecule has 104 valence electrons. The first-order chi connectivity index (χ1) is 9.50. The predicted octanol–water partition coefficient (Wildman–Crippen LogP) is -1.73. The second-order valence-corrected chi connectivity index (χ2v) is 4.03. The summed E-state index contributed by atoms with van der Waals surface area (Å²) in [6, 6.07) is 4.97. The lowest BCUT2D eigenvalue weighted by molar-refractivity contribution is -0.125. The van der Waals surface area contributed by atoms with Gasteiger partial charge in [0.1, 0.15) is 17.3 Å². The van der Waals surface area contributed by atoms with Gasteiger partial charge in [0.05, 0.1) is 6.54 Å². The van der Waals surface area contributed by atoms with Crippen molar-refractivity contribution < 1.29 is 14.7 Å². The molecular weight excluding hydrogens is 264 g/mol. The fourth-order valence-electron chi connectivity index (χ4n) is 1.57. The smallest absolute Gasteiger partial charge is 0.270 e. The van der Waals surface area contributed by atoms with E-state index in [1.165, 1.54) is 10.6 Å². The number of nitrogens with two attached hydrogens (primary N) is 1. The van der Waals surface area contributed by atoms with E-state index < -0.39 is 23.5 Å². The minimum Gasteiger partial charge on any atom is -0.381 e. The molecule has 0 saturated carbocycles. The number of aromatic nitrogens is 2. The van der Waals surface area contributed by atoms with Gasteiger partial charge in [-0.1, -0.05) is 6.07 Å². The molecule has 0 spiro atoms. The predicted molar refractivity (Wildman–Crippen MR) is 69.0 cm³/mol. The maximum atomic E-state index is 12.1. The number of amides is 2. The van der Waals surface area contributed by atoms with E-state index in [0.717, 1.165) is 6.20 Å². The second kappa shape index (κ2) is 5.49. The highest BCUT2D eigenvalue weighted by atomic mass is 16.3. The standard InChI is InChI=1S/C12H12N4O4/c13-10(18)8(17)6-15-11(19)7-5-14-9-3-1-2-4-16(9)12(7)20/h1-5,8,17H,6H2,(H2,13,18)(H,15,19). The summed E-state index contributed by atoms with van der Waals surface area (Å²) < 4.78 is 1.22. The Morgan fingerprint density at radius 2 is 2.20 bits per heavy atom. The van der Waals surface area contributed by atoms with E-state index in [2.05, 4.69) is 10.3 Å². The van der Waals surface area contributed by atoms with Crippen molar-refractivity contribution in [2.75, 3.05) is 6.54 Å². The van der Waals surface area contributed by atoms with Crippen LogP contribution in [0, 0.1) is 0 Å². The number of nitrogens with one attached hydrogen (secondary N) is 1. The van der Waals surface area contributed by atoms with E-state index in [9.17, 15) is 19.5 Å². The molecule has 1 atom stereocenters. The maximum Gasteiger partial charge on any atom is 0.270 e. The molecule has 8 nitrogen and oxygen atoms in total. The van der Waals surface area contributed by atoms with Crippen LogP contribution in [0.2, 0.25) is 0 Å². The van der Waals surface area contributed by atoms with Crippen molar-refractivity contribution in [2.45, 2.75) is 6.10 Å². The summed E-state index contributed by atoms with van der Waals surface area (Å²) >= 11 is 0. The van der Waals surface area contributed by atoms with Crippen LogP contribution < -0.4 is 16.6 Å². The highest BCUT2D eigenvalue weighted by Gasteiger charge is 2.16. The van der Waals surface area contributed by atoms with Gasteiger partial charge in [-0.25, -0.2) is 4.98 Å². The summed E-state index contributed by atoms with van der Waals surface area (Å²) in [5.74, 6) is -1.69. The van der Waals surface area contributed by atoms with Crippen LogP contribution >= 0.6 is 0 Å². The van der Waals surface area contributed by atoms with Gasteiger partial charge in [0.25, 0.3) is 11.5 Å². The molecule has 2 rings (SSSR count). The van der Waals surface area contributed by atoms with Crippen LogP contribution in [0.15, 0.2) is 35.4 Å². The zero-order chi connectivity index (χ0) is 14.7. The highest BCUT2D eigenvalue weighted by Crippen LogP contribution is 1.97. The van der Waals surface area contributed by atoms with Crippen molar-refractivity contribution >= 4 is 17.5 Å². The Morgan fingerprint density at radius 1 is 1.45 bits per heavy atom. The number of carbonyl (C=O) groups excluding carboxylic acids is 2. The van der Waals surface area contributed by atoms with Gasteiger partial charge in [-0.05, 0) is 12.1 Å². The second-order valence-electron chi connectivity index (χ2n) is 4.03. The Kier molecular flexibility index (Phi) is 3.76. The average Bonchev–Trinajstić information content (AvgIpc) is 2.45. The Bertz CT molecular complexity index is 725. The minimum absolute atomic E-state index is 0.189. The van der Waals surface area contributed by atoms with Crippen molar-refractivity contribution in [3.8, 4) is 0 Å². The third-order valence-electron chi connectivity index (χ3n) is 2.64. The van der Waals surface area contributed by atoms with Gasteiger partial charge < -0.3 is 16.2 Å². The fraction of sp³-hybridized carbons (Fsp3) is 0.167. The monoisotopic (exact) mass is 276 g/mol. The number of hydrogen-bond acceptors (Lipinski definition) is 5. The zero-order valence-electron chi connectivity index (χ0n) is 10.3. The molecule has 0 aliphatic rings. The minimum atomic E-state index is -1.50. The molecule has 0 fully saturated rings. The first-order valence-corrected chi connectivity index (χ1v) is 5.72. The van der Waals surface area contributed by atoms with E-state index in [-0.39, 0.29) is 12.1 Å². The number of pyridine rings is 1. The number of aliphatic hydroxyl groups is 1. The molecule has 2 aromatic rings. The lowest BCUT2D eigenvalue weighted by Gasteiger charge is -2.08. The number of aliphatic hydroxyl groups excluding tert-OH is 1. The van der Waals surface area contributed by atoms with Crippen LogP contribution in [0.4, 0.5) is 0 Å². The average molecular weight is 276 g/mol. The summed E-state index contributed by atoms with van der Waals surface area (Å²) in [5.41, 5.74) is 4.53. The molecule has 0 saturated heterocycles. The molecule has 0 radical (unpaired) electrons. The van der Waals surface area contributed by atoms with E-state index >= 15 is 0 Å². The van der Waals surface area contributed by atoms with E-state index in [0.29, 0.717) is 5.65 Å². The van der Waals surface area contributed by atoms with Gasteiger partial charge >= 0.3 is 0 Å². The van der Waals surface area contributed by atoms with Crippen molar-refractivity contribution in [1.29, 1.82) is 0 Å².